The van der Waals surface area contributed by atoms with Crippen LogP contribution in [0.1, 0.15) is 5.82 Å². The molecule has 2 rings (SSSR count). The molecule has 1 heterocycles. The minimum absolute atomic E-state index is 0.0415. The van der Waals surface area contributed by atoms with Gasteiger partial charge in [-0.2, -0.15) is 5.26 Å². The Bertz CT molecular complexity index is 601. The first-order valence-electron chi connectivity index (χ1n) is 4.61. The minimum atomic E-state index is -0.572. The molecule has 2 aromatic rings. The molecule has 0 atom stereocenters. The van der Waals surface area contributed by atoms with Crippen LogP contribution in [0.4, 0.5) is 10.1 Å². The third kappa shape index (κ3) is 1.88. The highest BCUT2D eigenvalue weighted by atomic mass is 19.1. The maximum Gasteiger partial charge on any atom is 0.252 e. The molecular weight excluding hydrogens is 225 g/mol. The first-order valence-corrected chi connectivity index (χ1v) is 4.61. The van der Waals surface area contributed by atoms with Gasteiger partial charge >= 0.3 is 0 Å². The fourth-order valence-corrected chi connectivity index (χ4v) is 1.34. The standard InChI is InChI=1S/C10H8FN5O/c1-17-9-3-8(6(11)2-7(9)13)16-5-14-10(4-12)15-16/h2-3,5H,13H2,1H3. The summed E-state index contributed by atoms with van der Waals surface area (Å²) in [5.41, 5.74) is 5.85. The summed E-state index contributed by atoms with van der Waals surface area (Å²) in [5.74, 6) is -0.284. The number of aromatic nitrogens is 3. The van der Waals surface area contributed by atoms with Crippen molar-refractivity contribution >= 4 is 5.69 Å². The zero-order chi connectivity index (χ0) is 12.4. The van der Waals surface area contributed by atoms with E-state index in [9.17, 15) is 4.39 Å². The highest BCUT2D eigenvalue weighted by Gasteiger charge is 2.11. The zero-order valence-electron chi connectivity index (χ0n) is 8.88. The lowest BCUT2D eigenvalue weighted by molar-refractivity contribution is 0.415. The Balaban J connectivity index is 2.55. The molecule has 0 unspecified atom stereocenters. The van der Waals surface area contributed by atoms with E-state index in [0.29, 0.717) is 5.75 Å². The van der Waals surface area contributed by atoms with Gasteiger partial charge < -0.3 is 10.5 Å². The van der Waals surface area contributed by atoms with E-state index >= 15 is 0 Å². The maximum atomic E-state index is 13.7. The summed E-state index contributed by atoms with van der Waals surface area (Å²) in [4.78, 5) is 3.68. The fraction of sp³-hybridized carbons (Fsp3) is 0.100. The second-order valence-corrected chi connectivity index (χ2v) is 3.17. The van der Waals surface area contributed by atoms with Gasteiger partial charge in [0, 0.05) is 12.1 Å². The highest BCUT2D eigenvalue weighted by Crippen LogP contribution is 2.26. The first-order chi connectivity index (χ1) is 8.15. The number of anilines is 1. The number of nitrogens with zero attached hydrogens (tertiary/aromatic N) is 4. The lowest BCUT2D eigenvalue weighted by Crippen LogP contribution is -2.02. The van der Waals surface area contributed by atoms with Gasteiger partial charge in [0.1, 0.15) is 23.8 Å². The van der Waals surface area contributed by atoms with Crippen LogP contribution in [0.5, 0.6) is 5.75 Å². The largest absolute Gasteiger partial charge is 0.495 e. The second kappa shape index (κ2) is 4.09. The van der Waals surface area contributed by atoms with Gasteiger partial charge in [-0.25, -0.2) is 14.1 Å². The predicted octanol–water partition coefficient (Wildman–Crippen LogP) is 0.869. The molecule has 0 bridgehead atoms. The van der Waals surface area contributed by atoms with Gasteiger partial charge in [-0.05, 0) is 0 Å². The SMILES string of the molecule is COc1cc(-n2cnc(C#N)n2)c(F)cc1N. The number of rotatable bonds is 2. The van der Waals surface area contributed by atoms with Crippen molar-refractivity contribution in [1.82, 2.24) is 14.8 Å². The second-order valence-electron chi connectivity index (χ2n) is 3.17. The molecule has 6 nitrogen and oxygen atoms in total. The smallest absolute Gasteiger partial charge is 0.252 e. The van der Waals surface area contributed by atoms with Crippen molar-refractivity contribution in [3.8, 4) is 17.5 Å². The molecule has 0 fully saturated rings. The van der Waals surface area contributed by atoms with E-state index in [1.807, 2.05) is 0 Å². The quantitative estimate of drug-likeness (QED) is 0.777. The summed E-state index contributed by atoms with van der Waals surface area (Å²) in [6, 6.07) is 4.27. The molecule has 0 saturated heterocycles. The van der Waals surface area contributed by atoms with E-state index in [4.69, 9.17) is 15.7 Å². The molecule has 7 heteroatoms. The van der Waals surface area contributed by atoms with Gasteiger partial charge in [0.2, 0.25) is 0 Å². The van der Waals surface area contributed by atoms with Crippen LogP contribution < -0.4 is 10.5 Å². The molecule has 0 aliphatic carbocycles. The van der Waals surface area contributed by atoms with Gasteiger partial charge in [0.25, 0.3) is 5.82 Å². The normalized spacial score (nSPS) is 9.94. The lowest BCUT2D eigenvalue weighted by Gasteiger charge is -2.08. The summed E-state index contributed by atoms with van der Waals surface area (Å²) < 4.78 is 19.8. The molecule has 0 spiro atoms. The molecule has 86 valence electrons. The summed E-state index contributed by atoms with van der Waals surface area (Å²) >= 11 is 0. The van der Waals surface area contributed by atoms with Crippen LogP contribution in [-0.4, -0.2) is 21.9 Å². The Morgan fingerprint density at radius 3 is 2.88 bits per heavy atom. The van der Waals surface area contributed by atoms with Gasteiger partial charge in [0.15, 0.2) is 5.82 Å². The Kier molecular flexibility index (Phi) is 2.62. The van der Waals surface area contributed by atoms with Crippen LogP contribution in [0.3, 0.4) is 0 Å². The van der Waals surface area contributed by atoms with Crippen LogP contribution in [-0.2, 0) is 0 Å². The molecule has 1 aromatic heterocycles. The third-order valence-corrected chi connectivity index (χ3v) is 2.14. The number of methoxy groups -OCH3 is 1. The average molecular weight is 233 g/mol. The maximum absolute atomic E-state index is 13.7. The van der Waals surface area contributed by atoms with Crippen molar-refractivity contribution in [3.05, 3.63) is 30.1 Å². The van der Waals surface area contributed by atoms with Crippen LogP contribution >= 0.6 is 0 Å². The molecule has 2 N–H and O–H groups in total. The fourth-order valence-electron chi connectivity index (χ4n) is 1.34. The summed E-state index contributed by atoms with van der Waals surface area (Å²) in [6.45, 7) is 0. The lowest BCUT2D eigenvalue weighted by atomic mass is 10.2. The van der Waals surface area contributed by atoms with E-state index in [0.717, 1.165) is 10.7 Å². The summed E-state index contributed by atoms with van der Waals surface area (Å²) in [5, 5.41) is 12.4. The number of ether oxygens (including phenoxy) is 1. The van der Waals surface area contributed by atoms with Gasteiger partial charge in [-0.1, -0.05) is 0 Å². The van der Waals surface area contributed by atoms with Crippen molar-refractivity contribution in [2.75, 3.05) is 12.8 Å². The Hall–Kier alpha value is -2.62. The monoisotopic (exact) mass is 233 g/mol. The Morgan fingerprint density at radius 1 is 1.53 bits per heavy atom. The topological polar surface area (TPSA) is 89.8 Å². The number of nitrogen functional groups attached to an aromatic ring is 1. The summed E-state index contributed by atoms with van der Waals surface area (Å²) in [7, 11) is 1.43. The molecule has 0 aliphatic rings. The van der Waals surface area contributed by atoms with Crippen LogP contribution in [0, 0.1) is 17.1 Å². The number of nitriles is 1. The van der Waals surface area contributed by atoms with Crippen molar-refractivity contribution in [1.29, 1.82) is 5.26 Å². The summed E-state index contributed by atoms with van der Waals surface area (Å²) in [6.07, 6.45) is 1.24. The average Bonchev–Trinajstić information content (AvgIpc) is 2.78. The van der Waals surface area contributed by atoms with Gasteiger partial charge in [-0.3, -0.25) is 0 Å². The number of hydrogen-bond donors (Lipinski definition) is 1. The van der Waals surface area contributed by atoms with Crippen LogP contribution in [0.15, 0.2) is 18.5 Å². The van der Waals surface area contributed by atoms with Crippen molar-refractivity contribution in [2.45, 2.75) is 0 Å². The van der Waals surface area contributed by atoms with Crippen molar-refractivity contribution < 1.29 is 9.13 Å². The zero-order valence-corrected chi connectivity index (χ0v) is 8.88. The third-order valence-electron chi connectivity index (χ3n) is 2.14. The molecular formula is C10H8FN5O. The van der Waals surface area contributed by atoms with E-state index in [1.165, 1.54) is 19.5 Å². The molecule has 0 amide bonds. The van der Waals surface area contributed by atoms with E-state index < -0.39 is 5.82 Å². The van der Waals surface area contributed by atoms with E-state index in [2.05, 4.69) is 10.1 Å². The molecule has 0 aliphatic heterocycles. The predicted molar refractivity (Wildman–Crippen MR) is 57.0 cm³/mol. The molecule has 17 heavy (non-hydrogen) atoms. The van der Waals surface area contributed by atoms with Crippen molar-refractivity contribution in [2.24, 2.45) is 0 Å². The molecule has 0 saturated carbocycles. The first kappa shape index (κ1) is 10.9. The Labute approximate surface area is 96.1 Å². The van der Waals surface area contributed by atoms with Crippen LogP contribution in [0.25, 0.3) is 5.69 Å². The minimum Gasteiger partial charge on any atom is -0.495 e. The van der Waals surface area contributed by atoms with Gasteiger partial charge in [-0.15, -0.1) is 5.10 Å². The number of halogens is 1. The van der Waals surface area contributed by atoms with E-state index in [-0.39, 0.29) is 17.2 Å². The molecule has 0 radical (unpaired) electrons. The Morgan fingerprint density at radius 2 is 2.29 bits per heavy atom. The van der Waals surface area contributed by atoms with Crippen LogP contribution in [0.2, 0.25) is 0 Å². The van der Waals surface area contributed by atoms with Gasteiger partial charge in [0.05, 0.1) is 12.8 Å². The highest BCUT2D eigenvalue weighted by molar-refractivity contribution is 5.58. The number of nitrogens with two attached hydrogens (primary N) is 1. The van der Waals surface area contributed by atoms with Crippen molar-refractivity contribution in [3.63, 3.8) is 0 Å². The number of benzene rings is 1. The van der Waals surface area contributed by atoms with E-state index in [1.54, 1.807) is 6.07 Å². The molecule has 1 aromatic carbocycles. The number of hydrogen-bond acceptors (Lipinski definition) is 5.